The summed E-state index contributed by atoms with van der Waals surface area (Å²) in [5.74, 6) is -0.859. The average Bonchev–Trinajstić information content (AvgIpc) is 2.55. The third-order valence-electron chi connectivity index (χ3n) is 4.58. The largest absolute Gasteiger partial charge is 0.352 e. The van der Waals surface area contributed by atoms with Crippen LogP contribution in [0.25, 0.3) is 0 Å². The number of likely N-dealkylation sites (tertiary alicyclic amines) is 1. The Morgan fingerprint density at radius 3 is 2.71 bits per heavy atom. The maximum absolute atomic E-state index is 12.2. The fraction of sp³-hybridized carbons (Fsp3) is 0.625. The molecule has 0 saturated carbocycles. The highest BCUT2D eigenvalue weighted by molar-refractivity contribution is 6.05. The topological polar surface area (TPSA) is 103 Å². The zero-order valence-electron chi connectivity index (χ0n) is 13.7. The Kier molecular flexibility index (Phi) is 5.06. The Bertz CT molecular complexity index is 564. The fourth-order valence-corrected chi connectivity index (χ4v) is 3.24. The molecule has 2 fully saturated rings. The van der Waals surface area contributed by atoms with Gasteiger partial charge >= 0.3 is 0 Å². The lowest BCUT2D eigenvalue weighted by molar-refractivity contribution is -0.127. The van der Waals surface area contributed by atoms with Crippen molar-refractivity contribution < 1.29 is 14.4 Å². The van der Waals surface area contributed by atoms with Gasteiger partial charge in [0.05, 0.1) is 5.92 Å². The van der Waals surface area contributed by atoms with Crippen molar-refractivity contribution in [1.29, 1.82) is 0 Å². The molecule has 0 aromatic heterocycles. The van der Waals surface area contributed by atoms with E-state index in [-0.39, 0.29) is 36.1 Å². The molecule has 0 aromatic rings. The van der Waals surface area contributed by atoms with E-state index >= 15 is 0 Å². The second-order valence-electron chi connectivity index (χ2n) is 6.56. The molecule has 3 atom stereocenters. The lowest BCUT2D eigenvalue weighted by atomic mass is 10.0. The van der Waals surface area contributed by atoms with Crippen molar-refractivity contribution in [2.75, 3.05) is 13.1 Å². The predicted octanol–water partition coefficient (Wildman–Crippen LogP) is -0.868. The van der Waals surface area contributed by atoms with E-state index < -0.39 is 5.92 Å². The van der Waals surface area contributed by atoms with Gasteiger partial charge in [-0.3, -0.25) is 24.6 Å². The van der Waals surface area contributed by atoms with Crippen molar-refractivity contribution in [3.05, 3.63) is 12.2 Å². The smallest absolute Gasteiger partial charge is 0.269 e. The maximum atomic E-state index is 12.2. The van der Waals surface area contributed by atoms with Crippen LogP contribution in [0.5, 0.6) is 0 Å². The number of amides is 3. The zero-order chi connectivity index (χ0) is 17.1. The normalized spacial score (nSPS) is 31.8. The van der Waals surface area contributed by atoms with Crippen LogP contribution in [-0.2, 0) is 14.4 Å². The minimum Gasteiger partial charge on any atom is -0.352 e. The van der Waals surface area contributed by atoms with Crippen molar-refractivity contribution in [3.8, 4) is 0 Å². The van der Waals surface area contributed by atoms with Crippen LogP contribution in [0.3, 0.4) is 0 Å². The molecular weight excluding hydrogens is 310 g/mol. The van der Waals surface area contributed by atoms with Gasteiger partial charge in [-0.2, -0.15) is 0 Å². The Morgan fingerprint density at radius 2 is 2.08 bits per heavy atom. The number of carbonyl (C=O) groups is 3. The van der Waals surface area contributed by atoms with E-state index in [0.29, 0.717) is 6.42 Å². The van der Waals surface area contributed by atoms with Crippen molar-refractivity contribution in [1.82, 2.24) is 20.9 Å². The summed E-state index contributed by atoms with van der Waals surface area (Å²) in [6.45, 7) is 3.59. The number of nitrogens with zero attached hydrogens (tertiary/aromatic N) is 2. The molecule has 3 N–H and O–H groups in total. The summed E-state index contributed by atoms with van der Waals surface area (Å²) in [5.41, 5.74) is 0. The first-order valence-corrected chi connectivity index (χ1v) is 8.37. The minimum atomic E-state index is -0.471. The highest BCUT2D eigenvalue weighted by Crippen LogP contribution is 2.15. The number of aliphatic imine (C=N–C) groups is 1. The average molecular weight is 333 g/mol. The molecule has 3 aliphatic rings. The molecule has 0 aliphatic carbocycles. The second kappa shape index (κ2) is 7.23. The molecule has 0 aromatic carbocycles. The van der Waals surface area contributed by atoms with Crippen LogP contribution >= 0.6 is 0 Å². The van der Waals surface area contributed by atoms with E-state index in [4.69, 9.17) is 0 Å². The van der Waals surface area contributed by atoms with Gasteiger partial charge < -0.3 is 10.6 Å². The molecule has 3 amide bonds. The number of rotatable bonds is 3. The molecule has 3 rings (SSSR count). The fourth-order valence-electron chi connectivity index (χ4n) is 3.24. The monoisotopic (exact) mass is 333 g/mol. The van der Waals surface area contributed by atoms with Crippen LogP contribution in [0.1, 0.15) is 26.2 Å². The number of carbonyl (C=O) groups excluding carboxylic acids is 3. The molecular formula is C16H23N5O3. The van der Waals surface area contributed by atoms with E-state index in [0.717, 1.165) is 25.9 Å². The summed E-state index contributed by atoms with van der Waals surface area (Å²) in [4.78, 5) is 40.7. The first-order chi connectivity index (χ1) is 11.5. The van der Waals surface area contributed by atoms with Crippen molar-refractivity contribution >= 4 is 23.9 Å². The summed E-state index contributed by atoms with van der Waals surface area (Å²) in [5, 5.41) is 9.35. The zero-order valence-corrected chi connectivity index (χ0v) is 13.7. The van der Waals surface area contributed by atoms with Crippen molar-refractivity contribution in [2.24, 2.45) is 10.9 Å². The highest BCUT2D eigenvalue weighted by atomic mass is 16.2. The number of dihydropyridines is 1. The Morgan fingerprint density at radius 1 is 1.33 bits per heavy atom. The van der Waals surface area contributed by atoms with Gasteiger partial charge in [-0.25, -0.2) is 4.99 Å². The molecule has 3 heterocycles. The van der Waals surface area contributed by atoms with Gasteiger partial charge in [-0.1, -0.05) is 6.08 Å². The van der Waals surface area contributed by atoms with Gasteiger partial charge in [0, 0.05) is 43.9 Å². The van der Waals surface area contributed by atoms with E-state index in [2.05, 4.69) is 25.8 Å². The summed E-state index contributed by atoms with van der Waals surface area (Å²) in [6.07, 6.45) is 6.30. The Labute approximate surface area is 140 Å². The number of hydrogen-bond acceptors (Lipinski definition) is 5. The van der Waals surface area contributed by atoms with Crippen LogP contribution in [0.4, 0.5) is 0 Å². The van der Waals surface area contributed by atoms with Crippen LogP contribution in [0, 0.1) is 5.92 Å². The van der Waals surface area contributed by atoms with E-state index in [1.807, 2.05) is 6.92 Å². The van der Waals surface area contributed by atoms with E-state index in [1.54, 1.807) is 6.08 Å². The van der Waals surface area contributed by atoms with E-state index in [9.17, 15) is 14.4 Å². The lowest BCUT2D eigenvalue weighted by Gasteiger charge is -2.41. The SMILES string of the molecule is CC1CC(=O)NC(N2CCC(NC(=O)C3C=CC(=O)N=C3)CC2)N1. The number of hydrogen-bond donors (Lipinski definition) is 3. The van der Waals surface area contributed by atoms with Gasteiger partial charge in [0.1, 0.15) is 6.29 Å². The maximum Gasteiger partial charge on any atom is 0.269 e. The molecule has 0 bridgehead atoms. The molecule has 8 nitrogen and oxygen atoms in total. The first kappa shape index (κ1) is 16.8. The standard InChI is InChI=1S/C16H23N5O3/c1-10-8-14(23)20-16(18-10)21-6-4-12(5-7-21)19-15(24)11-2-3-13(22)17-9-11/h2-3,9-12,16,18H,4-8H2,1H3,(H,19,24)(H,20,23). The predicted molar refractivity (Wildman–Crippen MR) is 88.0 cm³/mol. The molecule has 130 valence electrons. The summed E-state index contributed by atoms with van der Waals surface area (Å²) in [7, 11) is 0. The quantitative estimate of drug-likeness (QED) is 0.623. The van der Waals surface area contributed by atoms with Gasteiger partial charge in [0.25, 0.3) is 5.91 Å². The van der Waals surface area contributed by atoms with Crippen LogP contribution in [0.2, 0.25) is 0 Å². The van der Waals surface area contributed by atoms with Crippen LogP contribution in [-0.4, -0.2) is 60.3 Å². The van der Waals surface area contributed by atoms with Crippen LogP contribution in [0.15, 0.2) is 17.1 Å². The number of piperidine rings is 1. The highest BCUT2D eigenvalue weighted by Gasteiger charge is 2.31. The van der Waals surface area contributed by atoms with Crippen molar-refractivity contribution in [2.45, 2.75) is 44.6 Å². The summed E-state index contributed by atoms with van der Waals surface area (Å²) < 4.78 is 0. The Hall–Kier alpha value is -2.06. The molecule has 24 heavy (non-hydrogen) atoms. The molecule has 8 heteroatoms. The lowest BCUT2D eigenvalue weighted by Crippen LogP contribution is -2.65. The summed E-state index contributed by atoms with van der Waals surface area (Å²) in [6, 6.07) is 0.270. The van der Waals surface area contributed by atoms with Gasteiger partial charge in [-0.15, -0.1) is 0 Å². The minimum absolute atomic E-state index is 0.0691. The third kappa shape index (κ3) is 4.07. The third-order valence-corrected chi connectivity index (χ3v) is 4.58. The molecule has 3 unspecified atom stereocenters. The van der Waals surface area contributed by atoms with Crippen molar-refractivity contribution in [3.63, 3.8) is 0 Å². The second-order valence-corrected chi connectivity index (χ2v) is 6.56. The molecule has 0 radical (unpaired) electrons. The Balaban J connectivity index is 1.46. The van der Waals surface area contributed by atoms with E-state index in [1.165, 1.54) is 12.3 Å². The van der Waals surface area contributed by atoms with Gasteiger partial charge in [-0.05, 0) is 19.8 Å². The first-order valence-electron chi connectivity index (χ1n) is 8.37. The van der Waals surface area contributed by atoms with Gasteiger partial charge in [0.2, 0.25) is 11.8 Å². The molecule has 3 aliphatic heterocycles. The van der Waals surface area contributed by atoms with Gasteiger partial charge in [0.15, 0.2) is 0 Å². The molecule has 0 spiro atoms. The molecule has 2 saturated heterocycles. The summed E-state index contributed by atoms with van der Waals surface area (Å²) >= 11 is 0. The number of nitrogens with one attached hydrogen (secondary N) is 3. The van der Waals surface area contributed by atoms with Crippen LogP contribution < -0.4 is 16.0 Å².